The van der Waals surface area contributed by atoms with Crippen molar-refractivity contribution >= 4 is 17.9 Å². The van der Waals surface area contributed by atoms with Crippen molar-refractivity contribution < 1.29 is 28.6 Å². The van der Waals surface area contributed by atoms with E-state index in [0.717, 1.165) is 57.8 Å². The van der Waals surface area contributed by atoms with E-state index < -0.39 is 6.10 Å². The highest BCUT2D eigenvalue weighted by Crippen LogP contribution is 2.19. The minimum atomic E-state index is -0.768. The molecule has 0 bridgehead atoms. The Morgan fingerprint density at radius 1 is 0.244 bits per heavy atom. The second-order valence-corrected chi connectivity index (χ2v) is 24.5. The molecule has 1 atom stereocenters. The zero-order valence-electron chi connectivity index (χ0n) is 53.2. The Morgan fingerprint density at radius 3 is 0.641 bits per heavy atom. The van der Waals surface area contributed by atoms with Gasteiger partial charge in [0, 0.05) is 19.3 Å². The Kier molecular flexibility index (Phi) is 66.0. The first kappa shape index (κ1) is 76.1. The summed E-state index contributed by atoms with van der Waals surface area (Å²) in [4.78, 5) is 38.5. The summed E-state index contributed by atoms with van der Waals surface area (Å²) in [6, 6.07) is 0. The van der Waals surface area contributed by atoms with E-state index in [0.29, 0.717) is 19.3 Å². The molecule has 6 heteroatoms. The van der Waals surface area contributed by atoms with Gasteiger partial charge in [0.15, 0.2) is 6.10 Å². The summed E-state index contributed by atoms with van der Waals surface area (Å²) in [5.74, 6) is -0.829. The summed E-state index contributed by atoms with van der Waals surface area (Å²) in [5, 5.41) is 0. The summed E-state index contributed by atoms with van der Waals surface area (Å²) in [5.41, 5.74) is 0. The molecule has 0 aromatic rings. The lowest BCUT2D eigenvalue weighted by Crippen LogP contribution is -2.30. The molecule has 0 aromatic carbocycles. The predicted molar refractivity (Wildman–Crippen MR) is 340 cm³/mol. The van der Waals surface area contributed by atoms with Crippen molar-refractivity contribution in [2.24, 2.45) is 0 Å². The molecule has 0 N–H and O–H groups in total. The van der Waals surface area contributed by atoms with Crippen LogP contribution in [-0.4, -0.2) is 37.2 Å². The Balaban J connectivity index is 4.24. The number of esters is 3. The second-order valence-electron chi connectivity index (χ2n) is 24.5. The quantitative estimate of drug-likeness (QED) is 0.0261. The Labute approximate surface area is 488 Å². The van der Waals surface area contributed by atoms with E-state index in [1.807, 2.05) is 0 Å². The zero-order chi connectivity index (χ0) is 56.4. The van der Waals surface area contributed by atoms with Crippen LogP contribution in [0.25, 0.3) is 0 Å². The molecule has 0 saturated heterocycles. The van der Waals surface area contributed by atoms with E-state index in [1.165, 1.54) is 315 Å². The number of allylic oxidation sites excluding steroid dienone is 2. The number of hydrogen-bond donors (Lipinski definition) is 0. The van der Waals surface area contributed by atoms with Crippen molar-refractivity contribution in [1.29, 1.82) is 0 Å². The molecule has 0 aliphatic rings. The van der Waals surface area contributed by atoms with Gasteiger partial charge in [0.25, 0.3) is 0 Å². The number of hydrogen-bond acceptors (Lipinski definition) is 6. The number of unbranched alkanes of at least 4 members (excludes halogenated alkanes) is 54. The van der Waals surface area contributed by atoms with Gasteiger partial charge in [-0.3, -0.25) is 14.4 Å². The summed E-state index contributed by atoms with van der Waals surface area (Å²) < 4.78 is 17.0. The lowest BCUT2D eigenvalue weighted by atomic mass is 10.0. The topological polar surface area (TPSA) is 78.9 Å². The van der Waals surface area contributed by atoms with E-state index in [1.54, 1.807) is 0 Å². The van der Waals surface area contributed by atoms with Crippen molar-refractivity contribution in [1.82, 2.24) is 0 Å². The molecule has 1 unspecified atom stereocenters. The molecule has 0 fully saturated rings. The Morgan fingerprint density at radius 2 is 0.423 bits per heavy atom. The van der Waals surface area contributed by atoms with Crippen LogP contribution in [0.15, 0.2) is 12.2 Å². The monoisotopic (exact) mass is 1100 g/mol. The molecule has 78 heavy (non-hydrogen) atoms. The molecule has 0 aliphatic heterocycles. The van der Waals surface area contributed by atoms with Crippen LogP contribution in [0.2, 0.25) is 0 Å². The third kappa shape index (κ3) is 65.0. The van der Waals surface area contributed by atoms with Gasteiger partial charge in [0.2, 0.25) is 0 Å². The van der Waals surface area contributed by atoms with Crippen LogP contribution in [0.5, 0.6) is 0 Å². The molecule has 0 heterocycles. The van der Waals surface area contributed by atoms with Gasteiger partial charge in [0.1, 0.15) is 13.2 Å². The highest BCUT2D eigenvalue weighted by molar-refractivity contribution is 5.71. The average molecular weight is 1100 g/mol. The maximum Gasteiger partial charge on any atom is 0.306 e. The summed E-state index contributed by atoms with van der Waals surface area (Å²) in [6.45, 7) is 6.73. The highest BCUT2D eigenvalue weighted by atomic mass is 16.6. The molecule has 0 aromatic heterocycles. The Hall–Kier alpha value is -1.85. The Bertz CT molecular complexity index is 1210. The molecule has 0 spiro atoms. The number of ether oxygens (including phenoxy) is 3. The maximum absolute atomic E-state index is 12.9. The van der Waals surface area contributed by atoms with Gasteiger partial charge in [-0.25, -0.2) is 0 Å². The van der Waals surface area contributed by atoms with E-state index in [2.05, 4.69) is 32.9 Å². The third-order valence-electron chi connectivity index (χ3n) is 16.5. The van der Waals surface area contributed by atoms with E-state index >= 15 is 0 Å². The van der Waals surface area contributed by atoms with Crippen LogP contribution < -0.4 is 0 Å². The molecule has 0 saturated carbocycles. The summed E-state index contributed by atoms with van der Waals surface area (Å²) in [6.07, 6.45) is 81.0. The van der Waals surface area contributed by atoms with Crippen LogP contribution >= 0.6 is 0 Å². The van der Waals surface area contributed by atoms with Crippen LogP contribution in [-0.2, 0) is 28.6 Å². The normalized spacial score (nSPS) is 12.0. The van der Waals surface area contributed by atoms with Crippen LogP contribution in [0.4, 0.5) is 0 Å². The minimum Gasteiger partial charge on any atom is -0.462 e. The molecule has 6 nitrogen and oxygen atoms in total. The molecule has 0 rings (SSSR count). The first-order valence-electron chi connectivity index (χ1n) is 35.7. The van der Waals surface area contributed by atoms with Crippen molar-refractivity contribution in [3.8, 4) is 0 Å². The fourth-order valence-corrected chi connectivity index (χ4v) is 11.2. The van der Waals surface area contributed by atoms with Gasteiger partial charge in [-0.15, -0.1) is 0 Å². The fourth-order valence-electron chi connectivity index (χ4n) is 11.2. The van der Waals surface area contributed by atoms with E-state index in [4.69, 9.17) is 14.2 Å². The first-order chi connectivity index (χ1) is 38.5. The van der Waals surface area contributed by atoms with Gasteiger partial charge in [-0.2, -0.15) is 0 Å². The number of carbonyl (C=O) groups is 3. The van der Waals surface area contributed by atoms with Crippen molar-refractivity contribution in [2.75, 3.05) is 13.2 Å². The van der Waals surface area contributed by atoms with Gasteiger partial charge in [0.05, 0.1) is 0 Å². The van der Waals surface area contributed by atoms with Gasteiger partial charge in [-0.1, -0.05) is 360 Å². The highest BCUT2D eigenvalue weighted by Gasteiger charge is 2.19. The summed E-state index contributed by atoms with van der Waals surface area (Å²) >= 11 is 0. The van der Waals surface area contributed by atoms with Crippen LogP contribution in [0.1, 0.15) is 412 Å². The first-order valence-corrected chi connectivity index (χ1v) is 35.7. The number of carbonyl (C=O) groups excluding carboxylic acids is 3. The molecule has 0 radical (unpaired) electrons. The lowest BCUT2D eigenvalue weighted by Gasteiger charge is -2.18. The second kappa shape index (κ2) is 67.7. The smallest absolute Gasteiger partial charge is 0.306 e. The van der Waals surface area contributed by atoms with Gasteiger partial charge >= 0.3 is 17.9 Å². The third-order valence-corrected chi connectivity index (χ3v) is 16.5. The molecular formula is C72H138O6. The molecule has 0 amide bonds. The minimum absolute atomic E-state index is 0.0637. The SMILES string of the molecule is CCCCCCCC/C=C\CCCCCCCCCCCC(=O)OC(COC(=O)CCCCCCCCCCCCCCCCCC)COC(=O)CCCCCCCCCCCCCCCCCCCCCCCCCCC. The molecule has 462 valence electrons. The fraction of sp³-hybridized carbons (Fsp3) is 0.931. The predicted octanol–water partition coefficient (Wildman–Crippen LogP) is 24.4. The molecule has 0 aliphatic carbocycles. The lowest BCUT2D eigenvalue weighted by molar-refractivity contribution is -0.167. The maximum atomic E-state index is 12.9. The van der Waals surface area contributed by atoms with Crippen molar-refractivity contribution in [3.63, 3.8) is 0 Å². The van der Waals surface area contributed by atoms with Crippen molar-refractivity contribution in [3.05, 3.63) is 12.2 Å². The van der Waals surface area contributed by atoms with E-state index in [9.17, 15) is 14.4 Å². The standard InChI is InChI=1S/C72H138O6/c1-4-7-10-13-16-19-22-25-28-31-33-34-35-36-37-38-40-41-44-47-50-53-56-59-62-65-71(74)77-68-69(67-76-70(73)64-61-58-55-52-49-46-43-30-27-24-21-18-15-12-9-6-3)78-72(75)66-63-60-57-54-51-48-45-42-39-32-29-26-23-20-17-14-11-8-5-2/h26,29,69H,4-25,27-28,30-68H2,1-3H3/b29-26-. The largest absolute Gasteiger partial charge is 0.462 e. The van der Waals surface area contributed by atoms with E-state index in [-0.39, 0.29) is 31.1 Å². The average Bonchev–Trinajstić information content (AvgIpc) is 3.44. The van der Waals surface area contributed by atoms with Crippen LogP contribution in [0.3, 0.4) is 0 Å². The zero-order valence-corrected chi connectivity index (χ0v) is 53.2. The van der Waals surface area contributed by atoms with Gasteiger partial charge in [-0.05, 0) is 44.9 Å². The van der Waals surface area contributed by atoms with Gasteiger partial charge < -0.3 is 14.2 Å². The number of rotatable bonds is 67. The molecular weight excluding hydrogens is 961 g/mol. The summed E-state index contributed by atoms with van der Waals surface area (Å²) in [7, 11) is 0. The van der Waals surface area contributed by atoms with Crippen LogP contribution in [0, 0.1) is 0 Å². The van der Waals surface area contributed by atoms with Crippen molar-refractivity contribution in [2.45, 2.75) is 419 Å².